The molecule has 1 aromatic carbocycles. The highest BCUT2D eigenvalue weighted by Gasteiger charge is 2.12. The zero-order valence-electron chi connectivity index (χ0n) is 10.3. The van der Waals surface area contributed by atoms with Crippen LogP contribution in [-0.4, -0.2) is 43.5 Å². The third kappa shape index (κ3) is 3.45. The average Bonchev–Trinajstić information content (AvgIpc) is 2.38. The van der Waals surface area contributed by atoms with Gasteiger partial charge in [-0.3, -0.25) is 4.79 Å². The lowest BCUT2D eigenvalue weighted by Crippen LogP contribution is -2.44. The maximum absolute atomic E-state index is 11.4. The van der Waals surface area contributed by atoms with Gasteiger partial charge in [0.15, 0.2) is 0 Å². The summed E-state index contributed by atoms with van der Waals surface area (Å²) in [5.74, 6) is -0.409. The summed E-state index contributed by atoms with van der Waals surface area (Å²) in [7, 11) is 0. The second-order valence-electron chi connectivity index (χ2n) is 4.51. The van der Waals surface area contributed by atoms with Crippen LogP contribution in [-0.2, 0) is 6.42 Å². The number of carbonyl (C=O) groups excluding carboxylic acids is 1. The van der Waals surface area contributed by atoms with Crippen LogP contribution in [0.2, 0.25) is 5.02 Å². The van der Waals surface area contributed by atoms with Crippen LogP contribution in [0.3, 0.4) is 0 Å². The Morgan fingerprint density at radius 3 is 2.78 bits per heavy atom. The van der Waals surface area contributed by atoms with Crippen LogP contribution in [0.25, 0.3) is 0 Å². The zero-order chi connectivity index (χ0) is 13.0. The molecule has 0 radical (unpaired) electrons. The van der Waals surface area contributed by atoms with Crippen molar-refractivity contribution in [2.75, 3.05) is 32.7 Å². The van der Waals surface area contributed by atoms with Gasteiger partial charge in [0.25, 0.3) is 0 Å². The number of hydrogen-bond donors (Lipinski definition) is 2. The SMILES string of the molecule is NC(=O)c1cc(Cl)ccc1CCN1CCNCC1. The first kappa shape index (κ1) is 13.3. The Morgan fingerprint density at radius 1 is 1.39 bits per heavy atom. The number of nitrogens with zero attached hydrogens (tertiary/aromatic N) is 1. The van der Waals surface area contributed by atoms with Crippen LogP contribution >= 0.6 is 11.6 Å². The summed E-state index contributed by atoms with van der Waals surface area (Å²) in [6.07, 6.45) is 0.829. The number of piperazine rings is 1. The number of carbonyl (C=O) groups is 1. The topological polar surface area (TPSA) is 58.4 Å². The number of nitrogens with two attached hydrogens (primary N) is 1. The molecule has 0 unspecified atom stereocenters. The number of benzene rings is 1. The molecule has 1 saturated heterocycles. The van der Waals surface area contributed by atoms with E-state index >= 15 is 0 Å². The molecule has 18 heavy (non-hydrogen) atoms. The molecule has 1 aliphatic heterocycles. The molecule has 1 aliphatic rings. The lowest BCUT2D eigenvalue weighted by Gasteiger charge is -2.27. The Kier molecular flexibility index (Phi) is 4.58. The van der Waals surface area contributed by atoms with Gasteiger partial charge < -0.3 is 16.0 Å². The van der Waals surface area contributed by atoms with Crippen LogP contribution < -0.4 is 11.1 Å². The Morgan fingerprint density at radius 2 is 2.11 bits per heavy atom. The summed E-state index contributed by atoms with van der Waals surface area (Å²) in [5.41, 5.74) is 6.89. The Balaban J connectivity index is 2.01. The Bertz CT molecular complexity index is 430. The summed E-state index contributed by atoms with van der Waals surface area (Å²) in [5, 5.41) is 3.87. The van der Waals surface area contributed by atoms with E-state index in [9.17, 15) is 4.79 Å². The van der Waals surface area contributed by atoms with Gasteiger partial charge >= 0.3 is 0 Å². The van der Waals surface area contributed by atoms with Crippen molar-refractivity contribution in [3.05, 3.63) is 34.3 Å². The molecule has 1 aromatic rings. The standard InChI is InChI=1S/C13H18ClN3O/c14-11-2-1-10(12(9-11)13(15)18)3-6-17-7-4-16-5-8-17/h1-2,9,16H,3-8H2,(H2,15,18). The Hall–Kier alpha value is -1.10. The fourth-order valence-corrected chi connectivity index (χ4v) is 2.38. The van der Waals surface area contributed by atoms with E-state index in [0.717, 1.165) is 44.7 Å². The van der Waals surface area contributed by atoms with Gasteiger partial charge in [0, 0.05) is 43.3 Å². The maximum atomic E-state index is 11.4. The van der Waals surface area contributed by atoms with E-state index in [4.69, 9.17) is 17.3 Å². The minimum absolute atomic E-state index is 0.409. The van der Waals surface area contributed by atoms with E-state index in [1.807, 2.05) is 6.07 Å². The highest BCUT2D eigenvalue weighted by Crippen LogP contribution is 2.16. The normalized spacial score (nSPS) is 16.7. The van der Waals surface area contributed by atoms with Crippen molar-refractivity contribution < 1.29 is 4.79 Å². The van der Waals surface area contributed by atoms with Gasteiger partial charge in [-0.15, -0.1) is 0 Å². The van der Waals surface area contributed by atoms with Crippen molar-refractivity contribution in [2.24, 2.45) is 5.73 Å². The van der Waals surface area contributed by atoms with Crippen molar-refractivity contribution in [3.63, 3.8) is 0 Å². The maximum Gasteiger partial charge on any atom is 0.249 e. The highest BCUT2D eigenvalue weighted by atomic mass is 35.5. The van der Waals surface area contributed by atoms with Crippen molar-refractivity contribution in [2.45, 2.75) is 6.42 Å². The van der Waals surface area contributed by atoms with E-state index in [-0.39, 0.29) is 0 Å². The Labute approximate surface area is 112 Å². The average molecular weight is 268 g/mol. The van der Waals surface area contributed by atoms with Gasteiger partial charge in [-0.25, -0.2) is 0 Å². The molecule has 0 aromatic heterocycles. The van der Waals surface area contributed by atoms with Gasteiger partial charge in [-0.05, 0) is 24.1 Å². The van der Waals surface area contributed by atoms with Gasteiger partial charge in [-0.1, -0.05) is 17.7 Å². The van der Waals surface area contributed by atoms with Gasteiger partial charge in [0.1, 0.15) is 0 Å². The van der Waals surface area contributed by atoms with E-state index in [1.165, 1.54) is 0 Å². The molecule has 1 fully saturated rings. The minimum atomic E-state index is -0.409. The van der Waals surface area contributed by atoms with Crippen molar-refractivity contribution >= 4 is 17.5 Å². The molecular weight excluding hydrogens is 250 g/mol. The van der Waals surface area contributed by atoms with Gasteiger partial charge in [0.05, 0.1) is 0 Å². The number of rotatable bonds is 4. The van der Waals surface area contributed by atoms with Gasteiger partial charge in [0.2, 0.25) is 5.91 Å². The largest absolute Gasteiger partial charge is 0.366 e. The molecule has 2 rings (SSSR count). The number of nitrogens with one attached hydrogen (secondary N) is 1. The smallest absolute Gasteiger partial charge is 0.249 e. The second-order valence-corrected chi connectivity index (χ2v) is 4.94. The second kappa shape index (κ2) is 6.18. The van der Waals surface area contributed by atoms with Crippen molar-refractivity contribution in [3.8, 4) is 0 Å². The third-order valence-electron chi connectivity index (χ3n) is 3.24. The molecule has 98 valence electrons. The monoisotopic (exact) mass is 267 g/mol. The van der Waals surface area contributed by atoms with Crippen LogP contribution in [0.15, 0.2) is 18.2 Å². The molecule has 0 aliphatic carbocycles. The molecular formula is C13H18ClN3O. The fraction of sp³-hybridized carbons (Fsp3) is 0.462. The molecule has 0 atom stereocenters. The molecule has 0 spiro atoms. The van der Waals surface area contributed by atoms with E-state index in [2.05, 4.69) is 10.2 Å². The molecule has 1 heterocycles. The third-order valence-corrected chi connectivity index (χ3v) is 3.48. The first-order valence-corrected chi connectivity index (χ1v) is 6.56. The lowest BCUT2D eigenvalue weighted by molar-refractivity contribution is 0.0999. The first-order valence-electron chi connectivity index (χ1n) is 6.18. The predicted molar refractivity (Wildman–Crippen MR) is 73.0 cm³/mol. The van der Waals surface area contributed by atoms with Crippen LogP contribution in [0.1, 0.15) is 15.9 Å². The van der Waals surface area contributed by atoms with Crippen LogP contribution in [0, 0.1) is 0 Å². The molecule has 4 nitrogen and oxygen atoms in total. The lowest BCUT2D eigenvalue weighted by atomic mass is 10.0. The quantitative estimate of drug-likeness (QED) is 0.852. The van der Waals surface area contributed by atoms with Crippen molar-refractivity contribution in [1.29, 1.82) is 0 Å². The molecule has 3 N–H and O–H groups in total. The number of halogens is 1. The summed E-state index contributed by atoms with van der Waals surface area (Å²) >= 11 is 5.88. The minimum Gasteiger partial charge on any atom is -0.366 e. The van der Waals surface area contributed by atoms with Gasteiger partial charge in [-0.2, -0.15) is 0 Å². The number of hydrogen-bond acceptors (Lipinski definition) is 3. The van der Waals surface area contributed by atoms with Crippen LogP contribution in [0.4, 0.5) is 0 Å². The fourth-order valence-electron chi connectivity index (χ4n) is 2.21. The molecule has 0 saturated carbocycles. The molecule has 0 bridgehead atoms. The van der Waals surface area contributed by atoms with E-state index in [0.29, 0.717) is 10.6 Å². The summed E-state index contributed by atoms with van der Waals surface area (Å²) in [6.45, 7) is 5.12. The predicted octanol–water partition coefficient (Wildman–Crippen LogP) is 0.887. The molecule has 1 amide bonds. The molecule has 5 heteroatoms. The highest BCUT2D eigenvalue weighted by molar-refractivity contribution is 6.31. The summed E-state index contributed by atoms with van der Waals surface area (Å²) in [4.78, 5) is 13.7. The summed E-state index contributed by atoms with van der Waals surface area (Å²) < 4.78 is 0. The number of primary amides is 1. The van der Waals surface area contributed by atoms with E-state index in [1.54, 1.807) is 12.1 Å². The van der Waals surface area contributed by atoms with Crippen molar-refractivity contribution in [1.82, 2.24) is 10.2 Å². The number of amides is 1. The van der Waals surface area contributed by atoms with E-state index < -0.39 is 5.91 Å². The zero-order valence-corrected chi connectivity index (χ0v) is 11.0. The van der Waals surface area contributed by atoms with Crippen LogP contribution in [0.5, 0.6) is 0 Å². The summed E-state index contributed by atoms with van der Waals surface area (Å²) in [6, 6.07) is 5.35. The first-order chi connectivity index (χ1) is 8.66.